The molecule has 8 nitrogen and oxygen atoms in total. The molecule has 0 spiro atoms. The fraction of sp³-hybridized carbons (Fsp3) is 0.231. The SMILES string of the molecule is c1ccc2c3c(ccc2c1)OCCOCCOCCOc1ccc2ccccc2c1-c1c(ccc2ccccc12)OCCOCCOCCOc1ccc2ccccc2c1-3. The highest BCUT2D eigenvalue weighted by atomic mass is 16.6. The summed E-state index contributed by atoms with van der Waals surface area (Å²) >= 11 is 0. The van der Waals surface area contributed by atoms with Crippen molar-refractivity contribution in [2.45, 2.75) is 0 Å². The predicted octanol–water partition coefficient (Wildman–Crippen LogP) is 10.9. The molecule has 0 aliphatic carbocycles. The highest BCUT2D eigenvalue weighted by Crippen LogP contribution is 2.47. The molecule has 0 aromatic heterocycles. The van der Waals surface area contributed by atoms with Gasteiger partial charge in [0.2, 0.25) is 0 Å². The molecule has 60 heavy (non-hydrogen) atoms. The fourth-order valence-corrected chi connectivity index (χ4v) is 8.00. The van der Waals surface area contributed by atoms with Gasteiger partial charge >= 0.3 is 0 Å². The summed E-state index contributed by atoms with van der Waals surface area (Å²) in [5.74, 6) is 3.06. The van der Waals surface area contributed by atoms with Crippen LogP contribution in [-0.2, 0) is 18.9 Å². The van der Waals surface area contributed by atoms with E-state index in [1.165, 1.54) is 0 Å². The Morgan fingerprint density at radius 1 is 0.217 bits per heavy atom. The number of fused-ring (bicyclic) bond motifs is 14. The van der Waals surface area contributed by atoms with Crippen LogP contribution in [0.5, 0.6) is 23.0 Å². The van der Waals surface area contributed by atoms with Crippen LogP contribution in [0.3, 0.4) is 0 Å². The summed E-state index contributed by atoms with van der Waals surface area (Å²) in [7, 11) is 0. The van der Waals surface area contributed by atoms with Gasteiger partial charge in [-0.1, -0.05) is 121 Å². The zero-order valence-electron chi connectivity index (χ0n) is 33.6. The molecule has 0 N–H and O–H groups in total. The van der Waals surface area contributed by atoms with E-state index in [9.17, 15) is 0 Å². The van der Waals surface area contributed by atoms with Gasteiger partial charge < -0.3 is 37.9 Å². The number of hydrogen-bond donors (Lipinski definition) is 0. The van der Waals surface area contributed by atoms with E-state index in [-0.39, 0.29) is 0 Å². The molecule has 0 amide bonds. The fourth-order valence-electron chi connectivity index (χ4n) is 8.00. The first kappa shape index (κ1) is 39.3. The van der Waals surface area contributed by atoms with E-state index < -0.39 is 0 Å². The van der Waals surface area contributed by atoms with Crippen LogP contribution in [0.1, 0.15) is 0 Å². The van der Waals surface area contributed by atoms with Gasteiger partial charge in [0.1, 0.15) is 49.4 Å². The lowest BCUT2D eigenvalue weighted by molar-refractivity contribution is 0.0272. The molecule has 0 saturated carbocycles. The molecule has 8 aromatic rings. The summed E-state index contributed by atoms with van der Waals surface area (Å²) in [6.45, 7) is 4.82. The lowest BCUT2D eigenvalue weighted by Gasteiger charge is -2.20. The summed E-state index contributed by atoms with van der Waals surface area (Å²) in [6.07, 6.45) is 0. The van der Waals surface area contributed by atoms with Crippen molar-refractivity contribution in [1.82, 2.24) is 0 Å². The lowest BCUT2D eigenvalue weighted by Crippen LogP contribution is -2.14. The third-order valence-corrected chi connectivity index (χ3v) is 10.7. The molecule has 0 radical (unpaired) electrons. The van der Waals surface area contributed by atoms with Crippen LogP contribution in [0.15, 0.2) is 146 Å². The Bertz CT molecular complexity index is 2340. The third-order valence-electron chi connectivity index (χ3n) is 10.7. The Hall–Kier alpha value is -6.16. The van der Waals surface area contributed by atoms with Gasteiger partial charge in [0, 0.05) is 22.3 Å². The average molecular weight is 801 g/mol. The summed E-state index contributed by atoms with van der Waals surface area (Å²) in [5, 5.41) is 8.79. The van der Waals surface area contributed by atoms with Crippen molar-refractivity contribution in [3.8, 4) is 45.3 Å². The maximum Gasteiger partial charge on any atom is 0.128 e. The second-order valence-corrected chi connectivity index (χ2v) is 14.5. The van der Waals surface area contributed by atoms with Crippen molar-refractivity contribution in [3.05, 3.63) is 146 Å². The van der Waals surface area contributed by atoms with Crippen LogP contribution >= 0.6 is 0 Å². The number of ether oxygens (including phenoxy) is 8. The molecule has 0 unspecified atom stereocenters. The predicted molar refractivity (Wildman–Crippen MR) is 239 cm³/mol. The van der Waals surface area contributed by atoms with Crippen LogP contribution in [-0.4, -0.2) is 79.3 Å². The molecule has 304 valence electrons. The molecule has 0 fully saturated rings. The van der Waals surface area contributed by atoms with Crippen molar-refractivity contribution < 1.29 is 37.9 Å². The molecular formula is C52H48O8. The van der Waals surface area contributed by atoms with Crippen molar-refractivity contribution in [3.63, 3.8) is 0 Å². The Kier molecular flexibility index (Phi) is 12.6. The minimum absolute atomic E-state index is 0.371. The van der Waals surface area contributed by atoms with E-state index in [4.69, 9.17) is 37.9 Å². The molecular weight excluding hydrogens is 753 g/mol. The van der Waals surface area contributed by atoms with Gasteiger partial charge in [0.25, 0.3) is 0 Å². The zero-order valence-corrected chi connectivity index (χ0v) is 33.6. The molecule has 8 heteroatoms. The van der Waals surface area contributed by atoms with Crippen LogP contribution in [0.4, 0.5) is 0 Å². The molecule has 0 bridgehead atoms. The van der Waals surface area contributed by atoms with Crippen molar-refractivity contribution >= 4 is 43.1 Å². The van der Waals surface area contributed by atoms with Gasteiger partial charge in [-0.3, -0.25) is 0 Å². The third kappa shape index (κ3) is 8.74. The van der Waals surface area contributed by atoms with E-state index in [0.29, 0.717) is 79.3 Å². The van der Waals surface area contributed by atoms with Crippen molar-refractivity contribution in [1.29, 1.82) is 0 Å². The van der Waals surface area contributed by atoms with Gasteiger partial charge in [0.15, 0.2) is 0 Å². The van der Waals surface area contributed by atoms with Gasteiger partial charge in [-0.2, -0.15) is 0 Å². The lowest BCUT2D eigenvalue weighted by atomic mass is 9.92. The van der Waals surface area contributed by atoms with Crippen molar-refractivity contribution in [2.24, 2.45) is 0 Å². The van der Waals surface area contributed by atoms with Gasteiger partial charge in [-0.25, -0.2) is 0 Å². The van der Waals surface area contributed by atoms with Crippen LogP contribution in [0.2, 0.25) is 0 Å². The number of benzene rings is 8. The maximum absolute atomic E-state index is 6.51. The Labute approximate surface area is 350 Å². The Morgan fingerprint density at radius 3 is 0.683 bits per heavy atom. The van der Waals surface area contributed by atoms with Crippen LogP contribution in [0, 0.1) is 0 Å². The van der Waals surface area contributed by atoms with E-state index >= 15 is 0 Å². The standard InChI is InChI=1S/C52H48O8/c1-5-13-41-37(9-1)17-21-45-49(41)50-42-14-6-2-10-38(42)18-22-46(50)58-34-30-54-27-28-56-32-36-60-48-24-20-40-12-4-8-16-44(40)52(48)51-43-15-7-3-11-39(43)19-23-47(51)59-35-31-55-26-25-53-29-33-57-45/h1-24H,25-36H2. The van der Waals surface area contributed by atoms with Crippen LogP contribution in [0.25, 0.3) is 65.3 Å². The largest absolute Gasteiger partial charge is 0.491 e. The summed E-state index contributed by atoms with van der Waals surface area (Å²) in [6, 6.07) is 50.1. The topological polar surface area (TPSA) is 73.8 Å². The highest BCUT2D eigenvalue weighted by Gasteiger charge is 2.21. The Morgan fingerprint density at radius 2 is 0.433 bits per heavy atom. The van der Waals surface area contributed by atoms with Gasteiger partial charge in [-0.05, 0) is 67.4 Å². The van der Waals surface area contributed by atoms with Gasteiger partial charge in [-0.15, -0.1) is 0 Å². The molecule has 1 aliphatic rings. The number of hydrogen-bond acceptors (Lipinski definition) is 8. The highest BCUT2D eigenvalue weighted by molar-refractivity contribution is 6.11. The Balaban J connectivity index is 0.958. The molecule has 0 saturated heterocycles. The summed E-state index contributed by atoms with van der Waals surface area (Å²) in [5.41, 5.74) is 3.94. The molecule has 1 heterocycles. The second kappa shape index (κ2) is 19.3. The maximum atomic E-state index is 6.51. The van der Waals surface area contributed by atoms with Crippen LogP contribution < -0.4 is 18.9 Å². The summed E-state index contributed by atoms with van der Waals surface area (Å²) in [4.78, 5) is 0. The minimum Gasteiger partial charge on any atom is -0.491 e. The quantitative estimate of drug-likeness (QED) is 0.150. The first-order valence-corrected chi connectivity index (χ1v) is 20.7. The van der Waals surface area contributed by atoms with E-state index in [1.807, 2.05) is 24.3 Å². The monoisotopic (exact) mass is 800 g/mol. The normalized spacial score (nSPS) is 15.5. The van der Waals surface area contributed by atoms with E-state index in [1.54, 1.807) is 0 Å². The van der Waals surface area contributed by atoms with Gasteiger partial charge in [0.05, 0.1) is 52.9 Å². The first-order chi connectivity index (χ1) is 29.8. The smallest absolute Gasteiger partial charge is 0.128 e. The van der Waals surface area contributed by atoms with E-state index in [2.05, 4.69) is 121 Å². The van der Waals surface area contributed by atoms with E-state index in [0.717, 1.165) is 88.3 Å². The second-order valence-electron chi connectivity index (χ2n) is 14.5. The zero-order chi connectivity index (χ0) is 40.4. The average Bonchev–Trinajstić information content (AvgIpc) is 3.29. The summed E-state index contributed by atoms with van der Waals surface area (Å²) < 4.78 is 50.0. The molecule has 9 rings (SSSR count). The van der Waals surface area contributed by atoms with Crippen molar-refractivity contribution in [2.75, 3.05) is 79.3 Å². The molecule has 1 aliphatic heterocycles. The molecule has 8 aromatic carbocycles. The number of rotatable bonds is 0. The first-order valence-electron chi connectivity index (χ1n) is 20.7. The minimum atomic E-state index is 0.371. The molecule has 0 atom stereocenters.